The first-order valence-electron chi connectivity index (χ1n) is 11.6. The van der Waals surface area contributed by atoms with Crippen LogP contribution in [0, 0.1) is 6.92 Å². The van der Waals surface area contributed by atoms with Gasteiger partial charge in [0.25, 0.3) is 11.5 Å². The van der Waals surface area contributed by atoms with Crippen LogP contribution in [-0.2, 0) is 9.53 Å². The van der Waals surface area contributed by atoms with Crippen molar-refractivity contribution in [3.63, 3.8) is 0 Å². The largest absolute Gasteiger partial charge is 0.376 e. The Labute approximate surface area is 213 Å². The zero-order valence-electron chi connectivity index (χ0n) is 19.6. The van der Waals surface area contributed by atoms with Crippen molar-refractivity contribution in [2.75, 3.05) is 18.5 Å². The average molecular weight is 507 g/mol. The van der Waals surface area contributed by atoms with E-state index in [1.807, 2.05) is 56.3 Å². The Kier molecular flexibility index (Phi) is 6.73. The predicted octanol–water partition coefficient (Wildman–Crippen LogP) is 4.56. The van der Waals surface area contributed by atoms with E-state index in [4.69, 9.17) is 21.9 Å². The van der Waals surface area contributed by atoms with Gasteiger partial charge in [-0.05, 0) is 50.0 Å². The molecule has 2 aliphatic heterocycles. The Hall–Kier alpha value is -3.01. The summed E-state index contributed by atoms with van der Waals surface area (Å²) >= 11 is 6.71. The van der Waals surface area contributed by atoms with Crippen LogP contribution in [0.25, 0.3) is 11.7 Å². The van der Waals surface area contributed by atoms with Gasteiger partial charge in [0.15, 0.2) is 0 Å². The summed E-state index contributed by atoms with van der Waals surface area (Å²) in [5, 5.41) is 3.40. The Balaban J connectivity index is 1.55. The molecule has 2 fully saturated rings. The summed E-state index contributed by atoms with van der Waals surface area (Å²) in [6, 6.07) is 13.6. The van der Waals surface area contributed by atoms with E-state index in [1.165, 1.54) is 16.2 Å². The van der Waals surface area contributed by atoms with E-state index >= 15 is 0 Å². The van der Waals surface area contributed by atoms with Crippen LogP contribution in [0.1, 0.15) is 42.5 Å². The number of fused-ring (bicyclic) bond motifs is 1. The van der Waals surface area contributed by atoms with Gasteiger partial charge in [-0.15, -0.1) is 0 Å². The lowest BCUT2D eigenvalue weighted by molar-refractivity contribution is -0.123. The Morgan fingerprint density at radius 2 is 2.06 bits per heavy atom. The van der Waals surface area contributed by atoms with Gasteiger partial charge < -0.3 is 10.1 Å². The van der Waals surface area contributed by atoms with E-state index in [2.05, 4.69) is 5.32 Å². The summed E-state index contributed by atoms with van der Waals surface area (Å²) in [6.07, 6.45) is 5.22. The number of ether oxygens (including phenoxy) is 1. The molecule has 1 amide bonds. The van der Waals surface area contributed by atoms with Crippen molar-refractivity contribution in [1.29, 1.82) is 0 Å². The molecule has 0 bridgehead atoms. The number of pyridine rings is 1. The van der Waals surface area contributed by atoms with Crippen molar-refractivity contribution in [3.05, 3.63) is 80.6 Å². The lowest BCUT2D eigenvalue weighted by Crippen LogP contribution is -2.35. The highest BCUT2D eigenvalue weighted by Gasteiger charge is 2.35. The zero-order valence-corrected chi connectivity index (χ0v) is 21.2. The van der Waals surface area contributed by atoms with Gasteiger partial charge in [-0.25, -0.2) is 4.98 Å². The molecule has 4 heterocycles. The lowest BCUT2D eigenvalue weighted by Gasteiger charge is -2.19. The third-order valence-electron chi connectivity index (χ3n) is 6.30. The molecule has 2 unspecified atom stereocenters. The first-order chi connectivity index (χ1) is 16.9. The number of hydrogen-bond donors (Lipinski definition) is 1. The number of benzene rings is 1. The van der Waals surface area contributed by atoms with E-state index < -0.39 is 0 Å². The molecule has 35 heavy (non-hydrogen) atoms. The minimum atomic E-state index is -0.245. The van der Waals surface area contributed by atoms with Crippen LogP contribution in [0.3, 0.4) is 0 Å². The third kappa shape index (κ3) is 4.76. The van der Waals surface area contributed by atoms with Crippen molar-refractivity contribution in [1.82, 2.24) is 14.3 Å². The van der Waals surface area contributed by atoms with Gasteiger partial charge in [0, 0.05) is 18.8 Å². The second kappa shape index (κ2) is 9.93. The second-order valence-electron chi connectivity index (χ2n) is 8.77. The van der Waals surface area contributed by atoms with Crippen molar-refractivity contribution in [2.45, 2.75) is 38.8 Å². The van der Waals surface area contributed by atoms with Crippen LogP contribution < -0.4 is 10.9 Å². The number of aryl methyl sites for hydroxylation is 1. The summed E-state index contributed by atoms with van der Waals surface area (Å²) in [4.78, 5) is 33.6. The molecule has 3 aromatic rings. The Morgan fingerprint density at radius 3 is 2.80 bits per heavy atom. The number of nitrogens with zero attached hydrogens (tertiary/aromatic N) is 3. The molecule has 2 aliphatic rings. The van der Waals surface area contributed by atoms with Gasteiger partial charge >= 0.3 is 0 Å². The minimum absolute atomic E-state index is 0.00302. The number of nitrogens with one attached hydrogen (secondary N) is 1. The fourth-order valence-corrected chi connectivity index (χ4v) is 5.62. The number of aromatic nitrogens is 2. The number of anilines is 1. The molecule has 2 aromatic heterocycles. The van der Waals surface area contributed by atoms with Gasteiger partial charge in [-0.3, -0.25) is 18.9 Å². The van der Waals surface area contributed by atoms with Crippen molar-refractivity contribution in [3.8, 4) is 0 Å². The maximum absolute atomic E-state index is 13.6. The molecule has 0 radical (unpaired) electrons. The number of thiocarbonyl (C=S) groups is 1. The van der Waals surface area contributed by atoms with Crippen molar-refractivity contribution < 1.29 is 9.53 Å². The number of carbonyl (C=O) groups is 1. The van der Waals surface area contributed by atoms with Gasteiger partial charge in [0.05, 0.1) is 23.1 Å². The van der Waals surface area contributed by atoms with Gasteiger partial charge in [0.2, 0.25) is 0 Å². The van der Waals surface area contributed by atoms with Crippen LogP contribution in [0.15, 0.2) is 58.4 Å². The highest BCUT2D eigenvalue weighted by molar-refractivity contribution is 8.26. The first-order valence-corrected chi connectivity index (χ1v) is 12.9. The average Bonchev–Trinajstić information content (AvgIpc) is 3.46. The third-order valence-corrected chi connectivity index (χ3v) is 7.67. The topological polar surface area (TPSA) is 75.9 Å². The molecule has 5 rings (SSSR count). The van der Waals surface area contributed by atoms with Gasteiger partial charge in [-0.2, -0.15) is 0 Å². The van der Waals surface area contributed by atoms with Crippen LogP contribution in [-0.4, -0.2) is 43.8 Å². The SMILES string of the molecule is Cc1cccn2c(=O)c(C=C3SC(=S)N(CC4CCCO4)C3=O)c(NC(C)c3ccccc3)nc12. The van der Waals surface area contributed by atoms with Crippen molar-refractivity contribution >= 4 is 51.7 Å². The van der Waals surface area contributed by atoms with E-state index in [-0.39, 0.29) is 23.6 Å². The number of thioether (sulfide) groups is 1. The van der Waals surface area contributed by atoms with E-state index in [1.54, 1.807) is 17.2 Å². The molecule has 2 atom stereocenters. The maximum atomic E-state index is 13.6. The molecular weight excluding hydrogens is 480 g/mol. The van der Waals surface area contributed by atoms with E-state index in [9.17, 15) is 9.59 Å². The standard InChI is InChI=1S/C26H26N4O3S2/c1-16-8-6-12-29-23(16)28-22(27-17(2)18-9-4-3-5-10-18)20(24(29)31)14-21-25(32)30(26(34)35-21)15-19-11-7-13-33-19/h3-6,8-10,12,14,17,19,27H,7,11,13,15H2,1-2H3. The molecule has 2 saturated heterocycles. The van der Waals surface area contributed by atoms with Gasteiger partial charge in [-0.1, -0.05) is 60.4 Å². The molecule has 9 heteroatoms. The molecule has 1 N–H and O–H groups in total. The maximum Gasteiger partial charge on any atom is 0.267 e. The summed E-state index contributed by atoms with van der Waals surface area (Å²) in [5.74, 6) is 0.233. The number of rotatable bonds is 6. The molecule has 0 spiro atoms. The molecule has 0 saturated carbocycles. The molecule has 7 nitrogen and oxygen atoms in total. The summed E-state index contributed by atoms with van der Waals surface area (Å²) < 4.78 is 7.69. The highest BCUT2D eigenvalue weighted by Crippen LogP contribution is 2.34. The predicted molar refractivity (Wildman–Crippen MR) is 144 cm³/mol. The summed E-state index contributed by atoms with van der Waals surface area (Å²) in [5.41, 5.74) is 2.60. The fraction of sp³-hybridized carbons (Fsp3) is 0.308. The highest BCUT2D eigenvalue weighted by atomic mass is 32.2. The van der Waals surface area contributed by atoms with Crippen LogP contribution in [0.2, 0.25) is 0 Å². The Morgan fingerprint density at radius 1 is 1.26 bits per heavy atom. The quantitative estimate of drug-likeness (QED) is 0.388. The molecule has 180 valence electrons. The van der Waals surface area contributed by atoms with Gasteiger partial charge in [0.1, 0.15) is 15.8 Å². The minimum Gasteiger partial charge on any atom is -0.376 e. The van der Waals surface area contributed by atoms with Crippen LogP contribution in [0.5, 0.6) is 0 Å². The van der Waals surface area contributed by atoms with Crippen LogP contribution >= 0.6 is 24.0 Å². The normalized spacial score (nSPS) is 20.2. The Bertz CT molecular complexity index is 1380. The zero-order chi connectivity index (χ0) is 24.5. The van der Waals surface area contributed by atoms with Crippen LogP contribution in [0.4, 0.5) is 5.82 Å². The first kappa shape index (κ1) is 23.7. The molecule has 0 aliphatic carbocycles. The monoisotopic (exact) mass is 506 g/mol. The fourth-order valence-electron chi connectivity index (χ4n) is 4.36. The number of carbonyl (C=O) groups excluding carboxylic acids is 1. The van der Waals surface area contributed by atoms with Crippen molar-refractivity contribution in [2.24, 2.45) is 0 Å². The van der Waals surface area contributed by atoms with E-state index in [0.717, 1.165) is 24.0 Å². The number of amides is 1. The molecule has 1 aromatic carbocycles. The summed E-state index contributed by atoms with van der Waals surface area (Å²) in [6.45, 7) is 5.08. The second-order valence-corrected chi connectivity index (χ2v) is 10.4. The molecular formula is C26H26N4O3S2. The smallest absolute Gasteiger partial charge is 0.267 e. The summed E-state index contributed by atoms with van der Waals surface area (Å²) in [7, 11) is 0. The van der Waals surface area contributed by atoms with E-state index in [0.29, 0.717) is 39.4 Å². The lowest BCUT2D eigenvalue weighted by atomic mass is 10.1. The number of hydrogen-bond acceptors (Lipinski definition) is 7.